The van der Waals surface area contributed by atoms with Crippen molar-refractivity contribution in [1.82, 2.24) is 19.7 Å². The molecule has 0 aromatic carbocycles. The molecule has 7 heteroatoms. The molecule has 1 aliphatic rings. The standard InChI is InChI=1S/C13H10N4O2S/c18-13(19)9-5-8-11(7-1-2-7)16-17(12(8)20-9)10-6-14-3-4-15-10/h3-7H,1-2H2,(H,18,19). The first kappa shape index (κ1) is 11.5. The topological polar surface area (TPSA) is 80.9 Å². The van der Waals surface area contributed by atoms with E-state index in [2.05, 4.69) is 15.1 Å². The number of aromatic carboxylic acids is 1. The molecule has 0 aliphatic heterocycles. The fourth-order valence-electron chi connectivity index (χ4n) is 2.25. The SMILES string of the molecule is O=C(O)c1cc2c(C3CC3)nn(-c3cnccn3)c2s1. The van der Waals surface area contributed by atoms with E-state index in [0.717, 1.165) is 28.8 Å². The van der Waals surface area contributed by atoms with Gasteiger partial charge in [0.25, 0.3) is 0 Å². The van der Waals surface area contributed by atoms with E-state index in [-0.39, 0.29) is 0 Å². The van der Waals surface area contributed by atoms with Gasteiger partial charge in [-0.25, -0.2) is 14.5 Å². The molecule has 3 aromatic heterocycles. The van der Waals surface area contributed by atoms with Crippen molar-refractivity contribution in [3.8, 4) is 5.82 Å². The lowest BCUT2D eigenvalue weighted by atomic mass is 10.2. The van der Waals surface area contributed by atoms with Gasteiger partial charge in [-0.1, -0.05) is 0 Å². The maximum absolute atomic E-state index is 11.2. The number of carboxylic acid groups (broad SMARTS) is 1. The highest BCUT2D eigenvalue weighted by Crippen LogP contribution is 2.44. The van der Waals surface area contributed by atoms with Crippen LogP contribution in [0.2, 0.25) is 0 Å². The van der Waals surface area contributed by atoms with Crippen molar-refractivity contribution in [2.24, 2.45) is 0 Å². The first-order chi connectivity index (χ1) is 9.74. The molecular formula is C13H10N4O2S. The highest BCUT2D eigenvalue weighted by atomic mass is 32.1. The molecule has 6 nitrogen and oxygen atoms in total. The van der Waals surface area contributed by atoms with Crippen molar-refractivity contribution in [2.45, 2.75) is 18.8 Å². The molecule has 0 radical (unpaired) electrons. The van der Waals surface area contributed by atoms with Gasteiger partial charge in [-0.05, 0) is 18.9 Å². The minimum Gasteiger partial charge on any atom is -0.477 e. The molecule has 0 bridgehead atoms. The van der Waals surface area contributed by atoms with Gasteiger partial charge >= 0.3 is 5.97 Å². The summed E-state index contributed by atoms with van der Waals surface area (Å²) in [5, 5.41) is 14.7. The molecule has 0 spiro atoms. The average molecular weight is 286 g/mol. The highest BCUT2D eigenvalue weighted by Gasteiger charge is 2.31. The summed E-state index contributed by atoms with van der Waals surface area (Å²) in [4.78, 5) is 20.6. The van der Waals surface area contributed by atoms with E-state index in [0.29, 0.717) is 16.6 Å². The summed E-state index contributed by atoms with van der Waals surface area (Å²) in [6.45, 7) is 0. The Bertz CT molecular complexity index is 805. The van der Waals surface area contributed by atoms with Gasteiger partial charge in [0.15, 0.2) is 5.82 Å². The molecule has 0 atom stereocenters. The lowest BCUT2D eigenvalue weighted by Crippen LogP contribution is -2.00. The Balaban J connectivity index is 1.98. The van der Waals surface area contributed by atoms with E-state index in [1.54, 1.807) is 29.3 Å². The second-order valence-electron chi connectivity index (χ2n) is 4.77. The fraction of sp³-hybridized carbons (Fsp3) is 0.231. The first-order valence-corrected chi connectivity index (χ1v) is 7.08. The monoisotopic (exact) mass is 286 g/mol. The van der Waals surface area contributed by atoms with Crippen LogP contribution in [0, 0.1) is 0 Å². The van der Waals surface area contributed by atoms with Crippen LogP contribution in [0.3, 0.4) is 0 Å². The Morgan fingerprint density at radius 3 is 2.90 bits per heavy atom. The molecule has 1 fully saturated rings. The van der Waals surface area contributed by atoms with Crippen molar-refractivity contribution in [1.29, 1.82) is 0 Å². The van der Waals surface area contributed by atoms with Crippen LogP contribution in [-0.4, -0.2) is 30.8 Å². The van der Waals surface area contributed by atoms with E-state index >= 15 is 0 Å². The Hall–Kier alpha value is -2.28. The lowest BCUT2D eigenvalue weighted by Gasteiger charge is -1.99. The molecule has 0 unspecified atom stereocenters. The predicted octanol–water partition coefficient (Wildman–Crippen LogP) is 2.45. The second kappa shape index (κ2) is 4.11. The number of rotatable bonds is 3. The molecule has 1 saturated carbocycles. The van der Waals surface area contributed by atoms with Crippen LogP contribution in [-0.2, 0) is 0 Å². The molecule has 0 amide bonds. The third-order valence-electron chi connectivity index (χ3n) is 3.33. The van der Waals surface area contributed by atoms with Crippen molar-refractivity contribution in [3.63, 3.8) is 0 Å². The first-order valence-electron chi connectivity index (χ1n) is 6.26. The minimum absolute atomic E-state index is 0.331. The predicted molar refractivity (Wildman–Crippen MR) is 73.5 cm³/mol. The number of aromatic nitrogens is 4. The summed E-state index contributed by atoms with van der Waals surface area (Å²) in [5.41, 5.74) is 0.981. The van der Waals surface area contributed by atoms with E-state index in [4.69, 9.17) is 5.11 Å². The summed E-state index contributed by atoms with van der Waals surface area (Å²) < 4.78 is 1.70. The number of carboxylic acids is 1. The summed E-state index contributed by atoms with van der Waals surface area (Å²) >= 11 is 1.23. The number of fused-ring (bicyclic) bond motifs is 1. The zero-order valence-electron chi connectivity index (χ0n) is 10.4. The van der Waals surface area contributed by atoms with Gasteiger partial charge in [0.2, 0.25) is 0 Å². The van der Waals surface area contributed by atoms with Gasteiger partial charge in [-0.3, -0.25) is 4.98 Å². The minimum atomic E-state index is -0.904. The van der Waals surface area contributed by atoms with Crippen molar-refractivity contribution < 1.29 is 9.90 Å². The van der Waals surface area contributed by atoms with Crippen LogP contribution >= 0.6 is 11.3 Å². The number of carbonyl (C=O) groups is 1. The normalized spacial score (nSPS) is 14.8. The largest absolute Gasteiger partial charge is 0.477 e. The third-order valence-corrected chi connectivity index (χ3v) is 4.43. The van der Waals surface area contributed by atoms with Crippen LogP contribution in [0.5, 0.6) is 0 Å². The molecule has 0 saturated heterocycles. The molecule has 100 valence electrons. The Morgan fingerprint density at radius 2 is 2.25 bits per heavy atom. The van der Waals surface area contributed by atoms with E-state index in [9.17, 15) is 4.79 Å². The van der Waals surface area contributed by atoms with Crippen LogP contribution in [0.1, 0.15) is 34.1 Å². The van der Waals surface area contributed by atoms with Crippen molar-refractivity contribution in [2.75, 3.05) is 0 Å². The maximum Gasteiger partial charge on any atom is 0.345 e. The fourth-order valence-corrected chi connectivity index (χ4v) is 3.22. The second-order valence-corrected chi connectivity index (χ2v) is 5.80. The van der Waals surface area contributed by atoms with Gasteiger partial charge in [-0.2, -0.15) is 5.10 Å². The quantitative estimate of drug-likeness (QED) is 0.799. The van der Waals surface area contributed by atoms with Gasteiger partial charge in [0.1, 0.15) is 9.71 Å². The molecule has 4 rings (SSSR count). The molecule has 3 aromatic rings. The summed E-state index contributed by atoms with van der Waals surface area (Å²) in [6.07, 6.45) is 7.06. The zero-order valence-corrected chi connectivity index (χ0v) is 11.2. The van der Waals surface area contributed by atoms with Gasteiger partial charge in [-0.15, -0.1) is 11.3 Å². The summed E-state index contributed by atoms with van der Waals surface area (Å²) in [6, 6.07) is 1.72. The average Bonchev–Trinajstić information content (AvgIpc) is 3.09. The van der Waals surface area contributed by atoms with Crippen molar-refractivity contribution >= 4 is 27.5 Å². The van der Waals surface area contributed by atoms with Gasteiger partial charge in [0, 0.05) is 23.7 Å². The van der Waals surface area contributed by atoms with Crippen LogP contribution in [0.4, 0.5) is 0 Å². The lowest BCUT2D eigenvalue weighted by molar-refractivity contribution is 0.0702. The Labute approximate surface area is 117 Å². The summed E-state index contributed by atoms with van der Waals surface area (Å²) in [5.74, 6) is 0.161. The molecular weight excluding hydrogens is 276 g/mol. The zero-order chi connectivity index (χ0) is 13.7. The Kier molecular flexibility index (Phi) is 2.37. The van der Waals surface area contributed by atoms with E-state index in [1.807, 2.05) is 0 Å². The van der Waals surface area contributed by atoms with Crippen molar-refractivity contribution in [3.05, 3.63) is 35.2 Å². The number of hydrogen-bond acceptors (Lipinski definition) is 5. The summed E-state index contributed by atoms with van der Waals surface area (Å²) in [7, 11) is 0. The smallest absolute Gasteiger partial charge is 0.345 e. The Morgan fingerprint density at radius 1 is 1.40 bits per heavy atom. The maximum atomic E-state index is 11.2. The molecule has 1 aliphatic carbocycles. The van der Waals surface area contributed by atoms with Gasteiger partial charge < -0.3 is 5.11 Å². The molecule has 20 heavy (non-hydrogen) atoms. The molecule has 3 heterocycles. The van der Waals surface area contributed by atoms with E-state index < -0.39 is 5.97 Å². The number of thiophene rings is 1. The highest BCUT2D eigenvalue weighted by molar-refractivity contribution is 7.20. The number of nitrogens with zero attached hydrogens (tertiary/aromatic N) is 4. The number of hydrogen-bond donors (Lipinski definition) is 1. The third kappa shape index (κ3) is 1.70. The van der Waals surface area contributed by atoms with E-state index in [1.165, 1.54) is 11.3 Å². The van der Waals surface area contributed by atoms with Crippen LogP contribution < -0.4 is 0 Å². The van der Waals surface area contributed by atoms with Crippen LogP contribution in [0.25, 0.3) is 16.0 Å². The van der Waals surface area contributed by atoms with Gasteiger partial charge in [0.05, 0.1) is 11.9 Å². The van der Waals surface area contributed by atoms with Crippen LogP contribution in [0.15, 0.2) is 24.7 Å². The molecule has 1 N–H and O–H groups in total.